The van der Waals surface area contributed by atoms with Crippen molar-refractivity contribution in [3.63, 3.8) is 0 Å². The number of aromatic nitrogens is 2. The van der Waals surface area contributed by atoms with E-state index in [1.807, 2.05) is 80.5 Å². The molecule has 0 bridgehead atoms. The Bertz CT molecular complexity index is 1830. The Hall–Kier alpha value is -4.64. The minimum atomic E-state index is -3.71. The molecule has 9 nitrogen and oxygen atoms in total. The van der Waals surface area contributed by atoms with Gasteiger partial charge in [-0.15, -0.1) is 0 Å². The maximum atomic E-state index is 13.1. The summed E-state index contributed by atoms with van der Waals surface area (Å²) in [5, 5.41) is 7.05. The van der Waals surface area contributed by atoms with Crippen LogP contribution < -0.4 is 15.4 Å². The van der Waals surface area contributed by atoms with Crippen molar-refractivity contribution >= 4 is 44.2 Å². The number of fused-ring (bicyclic) bond motifs is 1. The lowest BCUT2D eigenvalue weighted by molar-refractivity contribution is 0.102. The summed E-state index contributed by atoms with van der Waals surface area (Å²) in [7, 11) is 0.0270. The molecule has 0 saturated heterocycles. The molecular weight excluding hydrogens is 548 g/mol. The quantitative estimate of drug-likeness (QED) is 0.201. The first-order valence-electron chi connectivity index (χ1n) is 13.5. The van der Waals surface area contributed by atoms with Crippen molar-refractivity contribution in [3.8, 4) is 11.3 Å². The van der Waals surface area contributed by atoms with E-state index >= 15 is 0 Å². The molecule has 1 amide bonds. The van der Waals surface area contributed by atoms with Crippen LogP contribution in [0.2, 0.25) is 0 Å². The number of aryl methyl sites for hydroxylation is 1. The Morgan fingerprint density at radius 3 is 2.31 bits per heavy atom. The Balaban J connectivity index is 1.32. The third kappa shape index (κ3) is 6.80. The molecule has 0 aliphatic heterocycles. The zero-order valence-corrected chi connectivity index (χ0v) is 24.4. The van der Waals surface area contributed by atoms with Gasteiger partial charge in [-0.25, -0.2) is 23.1 Å². The number of benzene rings is 4. The lowest BCUT2D eigenvalue weighted by Crippen LogP contribution is -2.31. The molecule has 5 aromatic rings. The molecule has 0 aliphatic carbocycles. The van der Waals surface area contributed by atoms with E-state index in [-0.39, 0.29) is 17.3 Å². The standard InChI is InChI=1S/C32H32N6O3S/c1-22-13-18-26(42(40,41)33-19-20-38(2)3)21-29(22)35-31(39)24-14-16-25(17-15-24)34-32-36-28-12-8-7-11-27(28)30(37-32)23-9-5-4-6-10-23/h4-18,21,33H,19-20H2,1-3H3,(H,35,39)(H,34,36,37). The zero-order chi connectivity index (χ0) is 29.7. The Labute approximate surface area is 245 Å². The fourth-order valence-electron chi connectivity index (χ4n) is 4.37. The average Bonchev–Trinajstić information content (AvgIpc) is 2.98. The van der Waals surface area contributed by atoms with Crippen molar-refractivity contribution in [1.29, 1.82) is 0 Å². The molecule has 0 atom stereocenters. The fourth-order valence-corrected chi connectivity index (χ4v) is 5.41. The zero-order valence-electron chi connectivity index (χ0n) is 23.6. The fraction of sp³-hybridized carbons (Fsp3) is 0.156. The summed E-state index contributed by atoms with van der Waals surface area (Å²) < 4.78 is 28.1. The normalized spacial score (nSPS) is 11.5. The Morgan fingerprint density at radius 2 is 1.57 bits per heavy atom. The summed E-state index contributed by atoms with van der Waals surface area (Å²) in [6.07, 6.45) is 0. The highest BCUT2D eigenvalue weighted by molar-refractivity contribution is 7.89. The maximum Gasteiger partial charge on any atom is 0.255 e. The average molecular weight is 581 g/mol. The minimum absolute atomic E-state index is 0.0898. The van der Waals surface area contributed by atoms with Crippen LogP contribution in [-0.4, -0.2) is 56.4 Å². The third-order valence-electron chi connectivity index (χ3n) is 6.67. The number of likely N-dealkylation sites (N-methyl/N-ethyl adjacent to an activating group) is 1. The van der Waals surface area contributed by atoms with Crippen molar-refractivity contribution in [3.05, 3.63) is 108 Å². The number of hydrogen-bond donors (Lipinski definition) is 3. The molecule has 1 heterocycles. The van der Waals surface area contributed by atoms with Crippen LogP contribution in [-0.2, 0) is 10.0 Å². The van der Waals surface area contributed by atoms with E-state index in [1.165, 1.54) is 12.1 Å². The summed E-state index contributed by atoms with van der Waals surface area (Å²) in [6.45, 7) is 2.66. The topological polar surface area (TPSA) is 116 Å². The van der Waals surface area contributed by atoms with Crippen LogP contribution in [0.4, 0.5) is 17.3 Å². The monoisotopic (exact) mass is 580 g/mol. The van der Waals surface area contributed by atoms with Crippen LogP contribution in [0.3, 0.4) is 0 Å². The molecule has 3 N–H and O–H groups in total. The van der Waals surface area contributed by atoms with Gasteiger partial charge in [0.1, 0.15) is 0 Å². The number of amides is 1. The molecule has 42 heavy (non-hydrogen) atoms. The van der Waals surface area contributed by atoms with E-state index in [4.69, 9.17) is 4.98 Å². The van der Waals surface area contributed by atoms with E-state index in [0.717, 1.165) is 27.7 Å². The number of nitrogens with one attached hydrogen (secondary N) is 3. The van der Waals surface area contributed by atoms with E-state index < -0.39 is 10.0 Å². The largest absolute Gasteiger partial charge is 0.324 e. The number of nitrogens with zero attached hydrogens (tertiary/aromatic N) is 3. The minimum Gasteiger partial charge on any atom is -0.324 e. The van der Waals surface area contributed by atoms with E-state index in [0.29, 0.717) is 29.4 Å². The molecule has 214 valence electrons. The molecule has 10 heteroatoms. The molecule has 5 rings (SSSR count). The van der Waals surface area contributed by atoms with Crippen LogP contribution in [0.1, 0.15) is 15.9 Å². The molecule has 1 aromatic heterocycles. The molecule has 0 saturated carbocycles. The molecule has 4 aromatic carbocycles. The van der Waals surface area contributed by atoms with Crippen molar-refractivity contribution in [2.24, 2.45) is 0 Å². The van der Waals surface area contributed by atoms with Gasteiger partial charge in [0.15, 0.2) is 0 Å². The highest BCUT2D eigenvalue weighted by atomic mass is 32.2. The molecule has 0 aliphatic rings. The maximum absolute atomic E-state index is 13.1. The van der Waals surface area contributed by atoms with Crippen molar-refractivity contribution in [2.75, 3.05) is 37.8 Å². The number of carbonyl (C=O) groups excluding carboxylic acids is 1. The highest BCUT2D eigenvalue weighted by Crippen LogP contribution is 2.28. The van der Waals surface area contributed by atoms with Gasteiger partial charge >= 0.3 is 0 Å². The van der Waals surface area contributed by atoms with Gasteiger partial charge in [-0.3, -0.25) is 4.79 Å². The van der Waals surface area contributed by atoms with E-state index in [1.54, 1.807) is 30.3 Å². The van der Waals surface area contributed by atoms with Crippen molar-refractivity contribution in [2.45, 2.75) is 11.8 Å². The van der Waals surface area contributed by atoms with Crippen LogP contribution in [0.15, 0.2) is 102 Å². The number of para-hydroxylation sites is 1. The first-order valence-corrected chi connectivity index (χ1v) is 14.9. The first-order chi connectivity index (χ1) is 20.2. The second-order valence-electron chi connectivity index (χ2n) is 10.1. The summed E-state index contributed by atoms with van der Waals surface area (Å²) in [4.78, 5) is 24.5. The summed E-state index contributed by atoms with van der Waals surface area (Å²) in [6, 6.07) is 29.4. The number of sulfonamides is 1. The van der Waals surface area contributed by atoms with Crippen molar-refractivity contribution in [1.82, 2.24) is 19.6 Å². The molecule has 0 fully saturated rings. The third-order valence-corrected chi connectivity index (χ3v) is 8.13. The van der Waals surface area contributed by atoms with Gasteiger partial charge < -0.3 is 15.5 Å². The lowest BCUT2D eigenvalue weighted by atomic mass is 10.1. The van der Waals surface area contributed by atoms with Gasteiger partial charge in [-0.1, -0.05) is 54.6 Å². The van der Waals surface area contributed by atoms with Gasteiger partial charge in [0, 0.05) is 41.0 Å². The number of carbonyl (C=O) groups is 1. The summed E-state index contributed by atoms with van der Waals surface area (Å²) >= 11 is 0. The van der Waals surface area contributed by atoms with Gasteiger partial charge in [0.2, 0.25) is 16.0 Å². The van der Waals surface area contributed by atoms with Crippen LogP contribution in [0.5, 0.6) is 0 Å². The van der Waals surface area contributed by atoms with Gasteiger partial charge in [-0.2, -0.15) is 0 Å². The van der Waals surface area contributed by atoms with Gasteiger partial charge in [0.25, 0.3) is 5.91 Å². The molecular formula is C32H32N6O3S. The van der Waals surface area contributed by atoms with Crippen molar-refractivity contribution < 1.29 is 13.2 Å². The van der Waals surface area contributed by atoms with Gasteiger partial charge in [-0.05, 0) is 69.0 Å². The van der Waals surface area contributed by atoms with Gasteiger partial charge in [0.05, 0.1) is 16.1 Å². The number of rotatable bonds is 10. The van der Waals surface area contributed by atoms with Crippen LogP contribution >= 0.6 is 0 Å². The van der Waals surface area contributed by atoms with Crippen LogP contribution in [0.25, 0.3) is 22.2 Å². The summed E-state index contributed by atoms with van der Waals surface area (Å²) in [5.41, 5.74) is 4.94. The lowest BCUT2D eigenvalue weighted by Gasteiger charge is -2.14. The molecule has 0 unspecified atom stereocenters. The predicted molar refractivity (Wildman–Crippen MR) is 168 cm³/mol. The SMILES string of the molecule is Cc1ccc(S(=O)(=O)NCCN(C)C)cc1NC(=O)c1ccc(Nc2nc(-c3ccccc3)c3ccccc3n2)cc1. The molecule has 0 radical (unpaired) electrons. The highest BCUT2D eigenvalue weighted by Gasteiger charge is 2.17. The second kappa shape index (κ2) is 12.5. The van der Waals surface area contributed by atoms with E-state index in [2.05, 4.69) is 20.3 Å². The second-order valence-corrected chi connectivity index (χ2v) is 11.9. The smallest absolute Gasteiger partial charge is 0.255 e. The Kier molecular flexibility index (Phi) is 8.58. The first kappa shape index (κ1) is 28.9. The Morgan fingerprint density at radius 1 is 0.857 bits per heavy atom. The van der Waals surface area contributed by atoms with E-state index in [9.17, 15) is 13.2 Å². The van der Waals surface area contributed by atoms with Crippen LogP contribution in [0, 0.1) is 6.92 Å². The number of anilines is 3. The molecule has 0 spiro atoms. The predicted octanol–water partition coefficient (Wildman–Crippen LogP) is 5.44. The summed E-state index contributed by atoms with van der Waals surface area (Å²) in [5.74, 6) is 0.0886. The number of hydrogen-bond acceptors (Lipinski definition) is 7.